The van der Waals surface area contributed by atoms with Crippen LogP contribution in [-0.4, -0.2) is 28.7 Å². The Morgan fingerprint density at radius 3 is 2.79 bits per heavy atom. The smallest absolute Gasteiger partial charge is 0.329 e. The maximum absolute atomic E-state index is 11.5. The number of H-pyrrole nitrogens is 1. The number of nitrogens with one attached hydrogen (secondary N) is 2. The van der Waals surface area contributed by atoms with Crippen molar-refractivity contribution in [2.45, 2.75) is 19.8 Å². The van der Waals surface area contributed by atoms with Crippen LogP contribution >= 0.6 is 0 Å². The van der Waals surface area contributed by atoms with E-state index >= 15 is 0 Å². The number of nitrogens with zero attached hydrogens (tertiary/aromatic N) is 1. The molecule has 1 heterocycles. The molecule has 8 heteroatoms. The van der Waals surface area contributed by atoms with Crippen LogP contribution in [0.25, 0.3) is 0 Å². The van der Waals surface area contributed by atoms with Crippen molar-refractivity contribution in [2.24, 2.45) is 7.05 Å². The van der Waals surface area contributed by atoms with Crippen LogP contribution in [0.5, 0.6) is 0 Å². The molecule has 19 heavy (non-hydrogen) atoms. The fraction of sp³-hybridized carbons (Fsp3) is 0.545. The Balaban J connectivity index is 2.60. The van der Waals surface area contributed by atoms with Gasteiger partial charge in [0.2, 0.25) is 0 Å². The highest BCUT2D eigenvalue weighted by atomic mass is 16.5. The van der Waals surface area contributed by atoms with E-state index in [1.807, 2.05) is 0 Å². The average molecular weight is 270 g/mol. The van der Waals surface area contributed by atoms with Crippen molar-refractivity contribution in [1.29, 1.82) is 0 Å². The van der Waals surface area contributed by atoms with Gasteiger partial charge < -0.3 is 15.8 Å². The molecule has 4 N–H and O–H groups in total. The van der Waals surface area contributed by atoms with Crippen LogP contribution in [0.1, 0.15) is 19.8 Å². The average Bonchev–Trinajstić information content (AvgIpc) is 2.35. The van der Waals surface area contributed by atoms with E-state index in [1.54, 1.807) is 6.92 Å². The highest BCUT2D eigenvalue weighted by Gasteiger charge is 2.09. The Bertz CT molecular complexity index is 561. The standard InChI is InChI=1S/C11H18N4O4/c1-3-19-7(16)5-4-6-13-8-9(12)15(2)11(18)14-10(8)17/h13H,3-6,12H2,1-2H3,(H,14,17,18). The zero-order valence-corrected chi connectivity index (χ0v) is 11.0. The second-order valence-corrected chi connectivity index (χ2v) is 3.91. The summed E-state index contributed by atoms with van der Waals surface area (Å²) in [5.41, 5.74) is 4.65. The highest BCUT2D eigenvalue weighted by Crippen LogP contribution is 2.08. The maximum Gasteiger partial charge on any atom is 0.329 e. The van der Waals surface area contributed by atoms with Gasteiger partial charge in [-0.05, 0) is 13.3 Å². The molecule has 106 valence electrons. The number of carbonyl (C=O) groups excluding carboxylic acids is 1. The lowest BCUT2D eigenvalue weighted by atomic mass is 10.3. The molecule has 0 aliphatic rings. The molecule has 0 aromatic carbocycles. The number of nitrogen functional groups attached to an aromatic ring is 1. The molecular weight excluding hydrogens is 252 g/mol. The minimum Gasteiger partial charge on any atom is -0.466 e. The van der Waals surface area contributed by atoms with Crippen LogP contribution < -0.4 is 22.3 Å². The van der Waals surface area contributed by atoms with Crippen molar-refractivity contribution >= 4 is 17.5 Å². The maximum atomic E-state index is 11.5. The van der Waals surface area contributed by atoms with E-state index in [1.165, 1.54) is 7.05 Å². The molecular formula is C11H18N4O4. The lowest BCUT2D eigenvalue weighted by molar-refractivity contribution is -0.143. The molecule has 0 spiro atoms. The first-order valence-electron chi connectivity index (χ1n) is 5.95. The van der Waals surface area contributed by atoms with Crippen LogP contribution in [0.3, 0.4) is 0 Å². The molecule has 0 saturated heterocycles. The summed E-state index contributed by atoms with van der Waals surface area (Å²) in [6.07, 6.45) is 0.755. The van der Waals surface area contributed by atoms with Gasteiger partial charge in [-0.1, -0.05) is 0 Å². The number of carbonyl (C=O) groups is 1. The van der Waals surface area contributed by atoms with Gasteiger partial charge in [-0.25, -0.2) is 4.79 Å². The Hall–Kier alpha value is -2.25. The summed E-state index contributed by atoms with van der Waals surface area (Å²) in [4.78, 5) is 36.0. The molecule has 0 aliphatic heterocycles. The molecule has 8 nitrogen and oxygen atoms in total. The minimum atomic E-state index is -0.572. The van der Waals surface area contributed by atoms with Crippen LogP contribution in [-0.2, 0) is 16.6 Å². The third-order valence-corrected chi connectivity index (χ3v) is 2.53. The predicted octanol–water partition coefficient (Wildman–Crippen LogP) is -0.589. The summed E-state index contributed by atoms with van der Waals surface area (Å²) >= 11 is 0. The Morgan fingerprint density at radius 1 is 1.47 bits per heavy atom. The Kier molecular flexibility index (Phi) is 5.16. The van der Waals surface area contributed by atoms with E-state index in [-0.39, 0.29) is 23.9 Å². The summed E-state index contributed by atoms with van der Waals surface area (Å²) in [5.74, 6) is -0.225. The van der Waals surface area contributed by atoms with E-state index in [2.05, 4.69) is 10.3 Å². The zero-order chi connectivity index (χ0) is 14.4. The SMILES string of the molecule is CCOC(=O)CCCNc1c(N)n(C)c(=O)[nH]c1=O. The van der Waals surface area contributed by atoms with E-state index in [9.17, 15) is 14.4 Å². The van der Waals surface area contributed by atoms with Crippen molar-refractivity contribution < 1.29 is 9.53 Å². The number of anilines is 2. The van der Waals surface area contributed by atoms with Crippen LogP contribution in [0.15, 0.2) is 9.59 Å². The first-order valence-corrected chi connectivity index (χ1v) is 5.95. The molecule has 0 amide bonds. The third-order valence-electron chi connectivity index (χ3n) is 2.53. The fourth-order valence-corrected chi connectivity index (χ4v) is 1.49. The molecule has 0 atom stereocenters. The largest absolute Gasteiger partial charge is 0.466 e. The lowest BCUT2D eigenvalue weighted by Gasteiger charge is -2.10. The van der Waals surface area contributed by atoms with Crippen molar-refractivity contribution in [1.82, 2.24) is 9.55 Å². The topological polar surface area (TPSA) is 119 Å². The zero-order valence-electron chi connectivity index (χ0n) is 11.0. The van der Waals surface area contributed by atoms with Crippen molar-refractivity contribution in [3.8, 4) is 0 Å². The van der Waals surface area contributed by atoms with Gasteiger partial charge in [-0.15, -0.1) is 0 Å². The van der Waals surface area contributed by atoms with Gasteiger partial charge in [0.15, 0.2) is 0 Å². The lowest BCUT2D eigenvalue weighted by Crippen LogP contribution is -2.32. The van der Waals surface area contributed by atoms with Gasteiger partial charge in [0, 0.05) is 20.0 Å². The highest BCUT2D eigenvalue weighted by molar-refractivity contribution is 5.69. The fourth-order valence-electron chi connectivity index (χ4n) is 1.49. The van der Waals surface area contributed by atoms with Crippen molar-refractivity contribution in [3.05, 3.63) is 20.8 Å². The molecule has 0 fully saturated rings. The molecule has 0 bridgehead atoms. The summed E-state index contributed by atoms with van der Waals surface area (Å²) in [5, 5.41) is 2.81. The van der Waals surface area contributed by atoms with Crippen LogP contribution in [0, 0.1) is 0 Å². The molecule has 0 unspecified atom stereocenters. The van der Waals surface area contributed by atoms with E-state index in [4.69, 9.17) is 10.5 Å². The molecule has 0 aliphatic carbocycles. The van der Waals surface area contributed by atoms with Gasteiger partial charge in [-0.3, -0.25) is 19.1 Å². The van der Waals surface area contributed by atoms with Gasteiger partial charge in [-0.2, -0.15) is 0 Å². The number of hydrogen-bond acceptors (Lipinski definition) is 6. The van der Waals surface area contributed by atoms with E-state index < -0.39 is 11.2 Å². The summed E-state index contributed by atoms with van der Waals surface area (Å²) in [7, 11) is 1.46. The van der Waals surface area contributed by atoms with Gasteiger partial charge >= 0.3 is 11.7 Å². The molecule has 0 radical (unpaired) electrons. The second kappa shape index (κ2) is 6.62. The van der Waals surface area contributed by atoms with Crippen molar-refractivity contribution in [3.63, 3.8) is 0 Å². The summed E-state index contributed by atoms with van der Waals surface area (Å²) in [6, 6.07) is 0. The number of aromatic nitrogens is 2. The first kappa shape index (κ1) is 14.8. The number of hydrogen-bond donors (Lipinski definition) is 3. The monoisotopic (exact) mass is 270 g/mol. The molecule has 1 rings (SSSR count). The van der Waals surface area contributed by atoms with Gasteiger partial charge in [0.05, 0.1) is 6.61 Å². The molecule has 1 aromatic rings. The second-order valence-electron chi connectivity index (χ2n) is 3.91. The van der Waals surface area contributed by atoms with Crippen LogP contribution in [0.2, 0.25) is 0 Å². The number of aromatic amines is 1. The number of esters is 1. The van der Waals surface area contributed by atoms with E-state index in [0.717, 1.165) is 4.57 Å². The van der Waals surface area contributed by atoms with Gasteiger partial charge in [0.25, 0.3) is 5.56 Å². The Labute approximate surface area is 109 Å². The number of ether oxygens (including phenoxy) is 1. The third kappa shape index (κ3) is 3.87. The van der Waals surface area contributed by atoms with Crippen LogP contribution in [0.4, 0.5) is 11.5 Å². The van der Waals surface area contributed by atoms with Crippen molar-refractivity contribution in [2.75, 3.05) is 24.2 Å². The normalized spacial score (nSPS) is 10.2. The first-order chi connectivity index (χ1) is 8.97. The number of rotatable bonds is 6. The minimum absolute atomic E-state index is 0.0601. The predicted molar refractivity (Wildman–Crippen MR) is 71.1 cm³/mol. The summed E-state index contributed by atoms with van der Waals surface area (Å²) in [6.45, 7) is 2.46. The molecule has 0 saturated carbocycles. The number of nitrogens with two attached hydrogens (primary N) is 1. The van der Waals surface area contributed by atoms with E-state index in [0.29, 0.717) is 19.6 Å². The van der Waals surface area contributed by atoms with Gasteiger partial charge in [0.1, 0.15) is 11.5 Å². The Morgan fingerprint density at radius 2 is 2.16 bits per heavy atom. The quantitative estimate of drug-likeness (QED) is 0.469. The summed E-state index contributed by atoms with van der Waals surface area (Å²) < 4.78 is 5.91. The molecule has 1 aromatic heterocycles.